The molecule has 148 valence electrons. The number of hydrogen-bond donors (Lipinski definition) is 1. The third-order valence-corrected chi connectivity index (χ3v) is 7.73. The predicted octanol–water partition coefficient (Wildman–Crippen LogP) is 1.96. The van der Waals surface area contributed by atoms with Crippen LogP contribution in [0.3, 0.4) is 0 Å². The highest BCUT2D eigenvalue weighted by atomic mass is 32.2. The molecule has 6 nitrogen and oxygen atoms in total. The van der Waals surface area contributed by atoms with Crippen LogP contribution >= 0.6 is 0 Å². The number of carbonyl (C=O) groups is 1. The number of rotatable bonds is 4. The van der Waals surface area contributed by atoms with Crippen molar-refractivity contribution in [3.05, 3.63) is 59.7 Å². The van der Waals surface area contributed by atoms with Gasteiger partial charge in [0.2, 0.25) is 15.9 Å². The summed E-state index contributed by atoms with van der Waals surface area (Å²) in [5.41, 5.74) is 8.81. The van der Waals surface area contributed by atoms with E-state index in [0.717, 1.165) is 16.8 Å². The predicted molar refractivity (Wildman–Crippen MR) is 109 cm³/mol. The van der Waals surface area contributed by atoms with E-state index in [2.05, 4.69) is 0 Å². The summed E-state index contributed by atoms with van der Waals surface area (Å²) >= 11 is 0. The summed E-state index contributed by atoms with van der Waals surface area (Å²) in [4.78, 5) is 13.7. The molecule has 2 aliphatic heterocycles. The molecule has 2 aliphatic rings. The number of nitrogens with two attached hydrogens (primary N) is 1. The van der Waals surface area contributed by atoms with E-state index in [1.165, 1.54) is 6.92 Å². The van der Waals surface area contributed by atoms with Gasteiger partial charge in [-0.05, 0) is 48.2 Å². The fourth-order valence-corrected chi connectivity index (χ4v) is 5.93. The minimum Gasteiger partial charge on any atom is -0.330 e. The Balaban J connectivity index is 1.62. The Bertz CT molecular complexity index is 991. The van der Waals surface area contributed by atoms with Gasteiger partial charge in [0.15, 0.2) is 0 Å². The summed E-state index contributed by atoms with van der Waals surface area (Å²) < 4.78 is 28.1. The molecule has 0 radical (unpaired) electrons. The molecule has 1 amide bonds. The molecule has 0 aliphatic carbocycles. The number of nitrogens with zero attached hydrogens (tertiary/aromatic N) is 2. The van der Waals surface area contributed by atoms with Crippen molar-refractivity contribution in [3.63, 3.8) is 0 Å². The lowest BCUT2D eigenvalue weighted by molar-refractivity contribution is -0.116. The highest BCUT2D eigenvalue weighted by Gasteiger charge is 2.39. The Labute approximate surface area is 166 Å². The van der Waals surface area contributed by atoms with Crippen LogP contribution in [-0.2, 0) is 21.2 Å². The van der Waals surface area contributed by atoms with E-state index in [1.54, 1.807) is 27.4 Å². The fourth-order valence-electron chi connectivity index (χ4n) is 4.36. The van der Waals surface area contributed by atoms with E-state index in [-0.39, 0.29) is 17.7 Å². The van der Waals surface area contributed by atoms with Crippen LogP contribution in [-0.4, -0.2) is 44.8 Å². The summed E-state index contributed by atoms with van der Waals surface area (Å²) in [6.45, 7) is 3.44. The van der Waals surface area contributed by atoms with Crippen molar-refractivity contribution in [1.29, 1.82) is 0 Å². The molecular formula is C21H25N3O3S. The Morgan fingerprint density at radius 2 is 1.89 bits per heavy atom. The first-order valence-corrected chi connectivity index (χ1v) is 11.0. The minimum atomic E-state index is -3.61. The van der Waals surface area contributed by atoms with Gasteiger partial charge in [0.1, 0.15) is 0 Å². The second-order valence-electron chi connectivity index (χ2n) is 7.55. The van der Waals surface area contributed by atoms with Gasteiger partial charge in [-0.25, -0.2) is 8.42 Å². The van der Waals surface area contributed by atoms with Gasteiger partial charge >= 0.3 is 0 Å². The van der Waals surface area contributed by atoms with Crippen LogP contribution < -0.4 is 10.6 Å². The van der Waals surface area contributed by atoms with E-state index >= 15 is 0 Å². The van der Waals surface area contributed by atoms with E-state index in [1.807, 2.05) is 30.3 Å². The molecule has 0 unspecified atom stereocenters. The van der Waals surface area contributed by atoms with Crippen molar-refractivity contribution in [1.82, 2.24) is 4.31 Å². The molecule has 1 fully saturated rings. The lowest BCUT2D eigenvalue weighted by Crippen LogP contribution is -2.30. The van der Waals surface area contributed by atoms with Crippen LogP contribution in [0.4, 0.5) is 5.69 Å². The summed E-state index contributed by atoms with van der Waals surface area (Å²) in [7, 11) is -3.61. The number of benzene rings is 2. The maximum Gasteiger partial charge on any atom is 0.243 e. The van der Waals surface area contributed by atoms with Gasteiger partial charge in [-0.15, -0.1) is 0 Å². The van der Waals surface area contributed by atoms with Crippen LogP contribution in [0.25, 0.3) is 0 Å². The first-order valence-electron chi connectivity index (χ1n) is 9.58. The number of carbonyl (C=O) groups excluding carboxylic acids is 1. The molecular weight excluding hydrogens is 374 g/mol. The fraction of sp³-hybridized carbons (Fsp3) is 0.381. The molecule has 2 heterocycles. The first-order chi connectivity index (χ1) is 13.4. The quantitative estimate of drug-likeness (QED) is 0.852. The first kappa shape index (κ1) is 19.1. The van der Waals surface area contributed by atoms with Gasteiger partial charge in [0.05, 0.1) is 4.90 Å². The molecule has 2 N–H and O–H groups in total. The van der Waals surface area contributed by atoms with Gasteiger partial charge < -0.3 is 10.6 Å². The second kappa shape index (κ2) is 7.31. The SMILES string of the molecule is CC(=O)N1CCc2cc(S(=O)(=O)N3C[C@@H](CN)[C@H](c4ccccc4)C3)ccc21. The molecule has 2 atom stereocenters. The Hall–Kier alpha value is -2.22. The minimum absolute atomic E-state index is 0.0228. The average molecular weight is 400 g/mol. The van der Waals surface area contributed by atoms with Crippen molar-refractivity contribution in [2.75, 3.05) is 31.1 Å². The lowest BCUT2D eigenvalue weighted by atomic mass is 9.89. The normalized spacial score (nSPS) is 22.4. The van der Waals surface area contributed by atoms with E-state index in [9.17, 15) is 13.2 Å². The van der Waals surface area contributed by atoms with Crippen molar-refractivity contribution < 1.29 is 13.2 Å². The van der Waals surface area contributed by atoms with Gasteiger partial charge in [-0.1, -0.05) is 30.3 Å². The topological polar surface area (TPSA) is 83.7 Å². The number of sulfonamides is 1. The highest BCUT2D eigenvalue weighted by molar-refractivity contribution is 7.89. The average Bonchev–Trinajstić information content (AvgIpc) is 3.32. The van der Waals surface area contributed by atoms with Gasteiger partial charge in [0, 0.05) is 38.2 Å². The maximum atomic E-state index is 13.3. The van der Waals surface area contributed by atoms with Crippen LogP contribution in [0.2, 0.25) is 0 Å². The van der Waals surface area contributed by atoms with Crippen LogP contribution in [0, 0.1) is 5.92 Å². The zero-order valence-electron chi connectivity index (χ0n) is 15.9. The zero-order chi connectivity index (χ0) is 19.9. The standard InChI is InChI=1S/C21H25N3O3S/c1-15(25)24-10-9-17-11-19(7-8-21(17)24)28(26,27)23-13-18(12-22)20(14-23)16-5-3-2-4-6-16/h2-8,11,18,20H,9-10,12-14,22H2,1H3/t18-,20+/m1/s1. The molecule has 2 aromatic rings. The smallest absolute Gasteiger partial charge is 0.243 e. The summed E-state index contributed by atoms with van der Waals surface area (Å²) in [5, 5.41) is 0. The Kier molecular flexibility index (Phi) is 4.99. The monoisotopic (exact) mass is 399 g/mol. The van der Waals surface area contributed by atoms with Crippen molar-refractivity contribution in [3.8, 4) is 0 Å². The number of fused-ring (bicyclic) bond motifs is 1. The molecule has 0 aromatic heterocycles. The highest BCUT2D eigenvalue weighted by Crippen LogP contribution is 2.36. The summed E-state index contributed by atoms with van der Waals surface area (Å²) in [6.07, 6.45) is 0.677. The van der Waals surface area contributed by atoms with Gasteiger partial charge in [-0.2, -0.15) is 4.31 Å². The van der Waals surface area contributed by atoms with Crippen LogP contribution in [0.15, 0.2) is 53.4 Å². The number of amides is 1. The number of anilines is 1. The largest absolute Gasteiger partial charge is 0.330 e. The van der Waals surface area contributed by atoms with Crippen LogP contribution in [0.5, 0.6) is 0 Å². The molecule has 0 bridgehead atoms. The van der Waals surface area contributed by atoms with Crippen LogP contribution in [0.1, 0.15) is 24.0 Å². The second-order valence-corrected chi connectivity index (χ2v) is 9.48. The zero-order valence-corrected chi connectivity index (χ0v) is 16.7. The van der Waals surface area contributed by atoms with Gasteiger partial charge in [0.25, 0.3) is 0 Å². The molecule has 7 heteroatoms. The molecule has 1 saturated heterocycles. The molecule has 2 aromatic carbocycles. The van der Waals surface area contributed by atoms with Gasteiger partial charge in [-0.3, -0.25) is 4.79 Å². The molecule has 4 rings (SSSR count). The maximum absolute atomic E-state index is 13.3. The summed E-state index contributed by atoms with van der Waals surface area (Å²) in [6, 6.07) is 15.1. The summed E-state index contributed by atoms with van der Waals surface area (Å²) in [5.74, 6) is 0.175. The Morgan fingerprint density at radius 3 is 2.57 bits per heavy atom. The number of hydrogen-bond acceptors (Lipinski definition) is 4. The molecule has 0 spiro atoms. The molecule has 0 saturated carbocycles. The van der Waals surface area contributed by atoms with Crippen molar-refractivity contribution in [2.24, 2.45) is 11.7 Å². The molecule has 28 heavy (non-hydrogen) atoms. The van der Waals surface area contributed by atoms with Crippen molar-refractivity contribution >= 4 is 21.6 Å². The Morgan fingerprint density at radius 1 is 1.14 bits per heavy atom. The lowest BCUT2D eigenvalue weighted by Gasteiger charge is -2.18. The third kappa shape index (κ3) is 3.23. The van der Waals surface area contributed by atoms with E-state index in [4.69, 9.17) is 5.73 Å². The van der Waals surface area contributed by atoms with Crippen molar-refractivity contribution in [2.45, 2.75) is 24.2 Å². The third-order valence-electron chi connectivity index (χ3n) is 5.90. The van der Waals surface area contributed by atoms with E-state index < -0.39 is 10.0 Å². The van der Waals surface area contributed by atoms with E-state index in [0.29, 0.717) is 37.5 Å².